The minimum atomic E-state index is -3.06. The lowest BCUT2D eigenvalue weighted by Crippen LogP contribution is -2.37. The SMILES string of the molecule is O=C(CCC1NC(=O)N(Cc2ccco2)C1=O)NC1CCS(=O)(=O)C1. The lowest BCUT2D eigenvalue weighted by atomic mass is 10.1. The van der Waals surface area contributed by atoms with Crippen molar-refractivity contribution in [3.05, 3.63) is 24.2 Å². The van der Waals surface area contributed by atoms with Gasteiger partial charge < -0.3 is 15.1 Å². The van der Waals surface area contributed by atoms with Crippen LogP contribution < -0.4 is 10.6 Å². The molecule has 0 radical (unpaired) electrons. The van der Waals surface area contributed by atoms with Crippen molar-refractivity contribution >= 4 is 27.7 Å². The molecule has 2 unspecified atom stereocenters. The molecule has 0 bridgehead atoms. The molecule has 0 saturated carbocycles. The van der Waals surface area contributed by atoms with Crippen LogP contribution >= 0.6 is 0 Å². The summed E-state index contributed by atoms with van der Waals surface area (Å²) in [5.41, 5.74) is 0. The fourth-order valence-corrected chi connectivity index (χ4v) is 4.64. The number of imide groups is 1. The van der Waals surface area contributed by atoms with E-state index < -0.39 is 27.8 Å². The van der Waals surface area contributed by atoms with E-state index in [1.807, 2.05) is 0 Å². The zero-order chi connectivity index (χ0) is 18.0. The molecule has 1 aromatic rings. The predicted octanol–water partition coefficient (Wildman–Crippen LogP) is -0.216. The molecule has 25 heavy (non-hydrogen) atoms. The number of carbonyl (C=O) groups is 3. The highest BCUT2D eigenvalue weighted by Crippen LogP contribution is 2.16. The molecule has 2 atom stereocenters. The molecule has 3 heterocycles. The van der Waals surface area contributed by atoms with Gasteiger partial charge in [0.05, 0.1) is 24.3 Å². The Bertz CT molecular complexity index is 773. The Kier molecular flexibility index (Phi) is 4.80. The Morgan fingerprint density at radius 1 is 1.40 bits per heavy atom. The van der Waals surface area contributed by atoms with Crippen LogP contribution in [0.25, 0.3) is 0 Å². The summed E-state index contributed by atoms with van der Waals surface area (Å²) in [6, 6.07) is 1.67. The summed E-state index contributed by atoms with van der Waals surface area (Å²) < 4.78 is 27.9. The zero-order valence-electron chi connectivity index (χ0n) is 13.4. The van der Waals surface area contributed by atoms with Gasteiger partial charge >= 0.3 is 6.03 Å². The molecule has 2 aliphatic rings. The quantitative estimate of drug-likeness (QED) is 0.668. The van der Waals surface area contributed by atoms with Crippen LogP contribution in [0.2, 0.25) is 0 Å². The Balaban J connectivity index is 1.47. The fraction of sp³-hybridized carbons (Fsp3) is 0.533. The van der Waals surface area contributed by atoms with Gasteiger partial charge in [-0.25, -0.2) is 13.2 Å². The van der Waals surface area contributed by atoms with E-state index in [1.54, 1.807) is 12.1 Å². The van der Waals surface area contributed by atoms with Gasteiger partial charge in [-0.05, 0) is 25.0 Å². The molecule has 2 saturated heterocycles. The van der Waals surface area contributed by atoms with Crippen LogP contribution in [0.1, 0.15) is 25.0 Å². The highest BCUT2D eigenvalue weighted by Gasteiger charge is 2.38. The summed E-state index contributed by atoms with van der Waals surface area (Å²) in [6.07, 6.45) is 2.05. The minimum Gasteiger partial charge on any atom is -0.467 e. The Hall–Kier alpha value is -2.36. The van der Waals surface area contributed by atoms with Gasteiger partial charge in [-0.2, -0.15) is 0 Å². The smallest absolute Gasteiger partial charge is 0.325 e. The summed E-state index contributed by atoms with van der Waals surface area (Å²) in [6.45, 7) is 0.0420. The third kappa shape index (κ3) is 4.19. The molecule has 136 valence electrons. The van der Waals surface area contributed by atoms with Gasteiger partial charge in [0.25, 0.3) is 5.91 Å². The van der Waals surface area contributed by atoms with Crippen molar-refractivity contribution in [1.29, 1.82) is 0 Å². The number of rotatable bonds is 6. The lowest BCUT2D eigenvalue weighted by Gasteiger charge is -2.13. The van der Waals surface area contributed by atoms with Gasteiger partial charge in [0.15, 0.2) is 9.84 Å². The number of furan rings is 1. The van der Waals surface area contributed by atoms with Gasteiger partial charge in [-0.1, -0.05) is 0 Å². The molecule has 2 aliphatic heterocycles. The Labute approximate surface area is 144 Å². The molecule has 4 amide bonds. The Morgan fingerprint density at radius 3 is 2.84 bits per heavy atom. The van der Waals surface area contributed by atoms with Gasteiger partial charge in [-0.15, -0.1) is 0 Å². The molecule has 0 spiro atoms. The molecular weight excluding hydrogens is 350 g/mol. The van der Waals surface area contributed by atoms with E-state index in [1.165, 1.54) is 6.26 Å². The van der Waals surface area contributed by atoms with Crippen LogP contribution in [0, 0.1) is 0 Å². The number of hydrogen-bond acceptors (Lipinski definition) is 6. The second kappa shape index (κ2) is 6.87. The number of urea groups is 1. The first-order valence-electron chi connectivity index (χ1n) is 7.98. The van der Waals surface area contributed by atoms with Crippen molar-refractivity contribution in [1.82, 2.24) is 15.5 Å². The van der Waals surface area contributed by atoms with Gasteiger partial charge in [-0.3, -0.25) is 14.5 Å². The molecule has 1 aromatic heterocycles. The number of sulfone groups is 1. The van der Waals surface area contributed by atoms with Crippen LogP contribution in [-0.2, 0) is 26.0 Å². The van der Waals surface area contributed by atoms with Crippen LogP contribution in [0.15, 0.2) is 22.8 Å². The molecule has 3 rings (SSSR count). The first-order chi connectivity index (χ1) is 11.8. The summed E-state index contributed by atoms with van der Waals surface area (Å²) in [4.78, 5) is 37.2. The molecule has 10 heteroatoms. The maximum atomic E-state index is 12.3. The first kappa shape index (κ1) is 17.5. The molecule has 0 aliphatic carbocycles. The standard InChI is InChI=1S/C15H19N3O6S/c19-13(16-10-5-7-25(22,23)9-10)4-3-12-14(20)18(15(21)17-12)8-11-2-1-6-24-11/h1-2,6,10,12H,3-5,7-9H2,(H,16,19)(H,17,21). The number of nitrogens with one attached hydrogen (secondary N) is 2. The summed E-state index contributed by atoms with van der Waals surface area (Å²) in [5, 5.41) is 5.21. The molecule has 0 aromatic carbocycles. The largest absolute Gasteiger partial charge is 0.467 e. The van der Waals surface area contributed by atoms with Crippen molar-refractivity contribution in [3.8, 4) is 0 Å². The molecular formula is C15H19N3O6S. The van der Waals surface area contributed by atoms with Gasteiger partial charge in [0.2, 0.25) is 5.91 Å². The highest BCUT2D eigenvalue weighted by molar-refractivity contribution is 7.91. The maximum Gasteiger partial charge on any atom is 0.325 e. The van der Waals surface area contributed by atoms with E-state index in [0.29, 0.717) is 12.2 Å². The van der Waals surface area contributed by atoms with E-state index in [0.717, 1.165) is 4.90 Å². The third-order valence-electron chi connectivity index (χ3n) is 4.26. The molecule has 2 N–H and O–H groups in total. The van der Waals surface area contributed by atoms with Crippen molar-refractivity contribution in [2.75, 3.05) is 11.5 Å². The van der Waals surface area contributed by atoms with Crippen LogP contribution in [0.4, 0.5) is 4.79 Å². The predicted molar refractivity (Wildman–Crippen MR) is 86.0 cm³/mol. The van der Waals surface area contributed by atoms with Crippen molar-refractivity contribution in [3.63, 3.8) is 0 Å². The maximum absolute atomic E-state index is 12.3. The van der Waals surface area contributed by atoms with Crippen LogP contribution in [0.3, 0.4) is 0 Å². The molecule has 9 nitrogen and oxygen atoms in total. The average Bonchev–Trinajstić information content (AvgIpc) is 3.22. The van der Waals surface area contributed by atoms with E-state index in [9.17, 15) is 22.8 Å². The number of carbonyl (C=O) groups excluding carboxylic acids is 3. The lowest BCUT2D eigenvalue weighted by molar-refractivity contribution is -0.128. The normalized spacial score (nSPS) is 25.2. The first-order valence-corrected chi connectivity index (χ1v) is 9.80. The summed E-state index contributed by atoms with van der Waals surface area (Å²) >= 11 is 0. The van der Waals surface area contributed by atoms with Crippen LogP contribution in [-0.4, -0.2) is 54.8 Å². The summed E-state index contributed by atoms with van der Waals surface area (Å²) in [7, 11) is -3.06. The van der Waals surface area contributed by atoms with Crippen LogP contribution in [0.5, 0.6) is 0 Å². The van der Waals surface area contributed by atoms with E-state index in [4.69, 9.17) is 4.42 Å². The van der Waals surface area contributed by atoms with Crippen molar-refractivity contribution in [2.45, 2.75) is 37.9 Å². The summed E-state index contributed by atoms with van der Waals surface area (Å²) in [5.74, 6) is -0.207. The third-order valence-corrected chi connectivity index (χ3v) is 6.03. The van der Waals surface area contributed by atoms with E-state index in [2.05, 4.69) is 10.6 Å². The Morgan fingerprint density at radius 2 is 2.20 bits per heavy atom. The molecule has 2 fully saturated rings. The fourth-order valence-electron chi connectivity index (χ4n) is 2.96. The topological polar surface area (TPSA) is 126 Å². The van der Waals surface area contributed by atoms with E-state index in [-0.39, 0.29) is 42.8 Å². The number of nitrogens with zero attached hydrogens (tertiary/aromatic N) is 1. The zero-order valence-corrected chi connectivity index (χ0v) is 14.3. The second-order valence-electron chi connectivity index (χ2n) is 6.21. The average molecular weight is 369 g/mol. The van der Waals surface area contributed by atoms with E-state index >= 15 is 0 Å². The van der Waals surface area contributed by atoms with Gasteiger partial charge in [0, 0.05) is 12.5 Å². The number of hydrogen-bond donors (Lipinski definition) is 2. The minimum absolute atomic E-state index is 0.0296. The second-order valence-corrected chi connectivity index (χ2v) is 8.44. The van der Waals surface area contributed by atoms with Crippen molar-refractivity contribution < 1.29 is 27.2 Å². The monoisotopic (exact) mass is 369 g/mol. The van der Waals surface area contributed by atoms with Gasteiger partial charge in [0.1, 0.15) is 11.8 Å². The van der Waals surface area contributed by atoms with Crippen molar-refractivity contribution in [2.24, 2.45) is 0 Å². The highest BCUT2D eigenvalue weighted by atomic mass is 32.2. The number of amides is 4.